The zero-order valence-corrected chi connectivity index (χ0v) is 18.4. The number of carbonyl (C=O) groups is 2. The predicted molar refractivity (Wildman–Crippen MR) is 125 cm³/mol. The van der Waals surface area contributed by atoms with Crippen LogP contribution in [0.1, 0.15) is 28.0 Å². The summed E-state index contributed by atoms with van der Waals surface area (Å²) in [6, 6.07) is 15.9. The van der Waals surface area contributed by atoms with Crippen LogP contribution in [-0.4, -0.2) is 26.6 Å². The number of aromatic nitrogens is 3. The molecule has 2 amide bonds. The van der Waals surface area contributed by atoms with Gasteiger partial charge in [-0.3, -0.25) is 14.4 Å². The van der Waals surface area contributed by atoms with Crippen molar-refractivity contribution in [3.8, 4) is 0 Å². The molecular weight excluding hydrogens is 426 g/mol. The summed E-state index contributed by atoms with van der Waals surface area (Å²) in [5.74, 6) is -0.720. The Morgan fingerprint density at radius 3 is 2.62 bits per heavy atom. The zero-order valence-electron chi connectivity index (χ0n) is 17.6. The molecule has 32 heavy (non-hydrogen) atoms. The molecular formula is C23H21N5O3S. The van der Waals surface area contributed by atoms with Crippen LogP contribution >= 0.6 is 11.3 Å². The van der Waals surface area contributed by atoms with Crippen molar-refractivity contribution >= 4 is 44.2 Å². The molecule has 0 saturated heterocycles. The second-order valence-electron chi connectivity index (χ2n) is 7.39. The summed E-state index contributed by atoms with van der Waals surface area (Å²) in [7, 11) is 0. The predicted octanol–water partition coefficient (Wildman–Crippen LogP) is 3.75. The number of anilines is 2. The van der Waals surface area contributed by atoms with Crippen molar-refractivity contribution in [3.05, 3.63) is 81.8 Å². The van der Waals surface area contributed by atoms with Gasteiger partial charge in [0.25, 0.3) is 11.5 Å². The quantitative estimate of drug-likeness (QED) is 0.468. The fourth-order valence-corrected chi connectivity index (χ4v) is 4.10. The minimum absolute atomic E-state index is 0.0187. The van der Waals surface area contributed by atoms with E-state index < -0.39 is 5.91 Å². The van der Waals surface area contributed by atoms with Gasteiger partial charge in [0.1, 0.15) is 5.69 Å². The highest BCUT2D eigenvalue weighted by atomic mass is 32.1. The summed E-state index contributed by atoms with van der Waals surface area (Å²) in [5.41, 5.74) is 3.29. The number of carbonyl (C=O) groups excluding carboxylic acids is 2. The second kappa shape index (κ2) is 9.11. The minimum Gasteiger partial charge on any atom is -0.321 e. The molecule has 4 rings (SSSR count). The normalized spacial score (nSPS) is 10.8. The van der Waals surface area contributed by atoms with Gasteiger partial charge >= 0.3 is 0 Å². The number of thiazole rings is 1. The van der Waals surface area contributed by atoms with Crippen molar-refractivity contribution < 1.29 is 9.59 Å². The van der Waals surface area contributed by atoms with Crippen LogP contribution in [-0.2, 0) is 11.3 Å². The summed E-state index contributed by atoms with van der Waals surface area (Å²) < 4.78 is 2.11. The van der Waals surface area contributed by atoms with Gasteiger partial charge < -0.3 is 10.6 Å². The van der Waals surface area contributed by atoms with Gasteiger partial charge in [-0.2, -0.15) is 5.10 Å². The van der Waals surface area contributed by atoms with Crippen LogP contribution in [0.25, 0.3) is 10.2 Å². The fourth-order valence-electron chi connectivity index (χ4n) is 3.12. The molecule has 0 radical (unpaired) electrons. The van der Waals surface area contributed by atoms with Gasteiger partial charge in [0, 0.05) is 18.2 Å². The zero-order chi connectivity index (χ0) is 22.7. The first-order chi connectivity index (χ1) is 15.4. The van der Waals surface area contributed by atoms with E-state index in [1.54, 1.807) is 6.07 Å². The Kier molecular flexibility index (Phi) is 6.09. The lowest BCUT2D eigenvalue weighted by Gasteiger charge is -2.08. The van der Waals surface area contributed by atoms with E-state index in [2.05, 4.69) is 20.7 Å². The highest BCUT2D eigenvalue weighted by Gasteiger charge is 2.12. The average molecular weight is 448 g/mol. The number of rotatable bonds is 6. The molecule has 2 heterocycles. The van der Waals surface area contributed by atoms with Gasteiger partial charge in [0.2, 0.25) is 5.91 Å². The lowest BCUT2D eigenvalue weighted by molar-refractivity contribution is -0.116. The van der Waals surface area contributed by atoms with Crippen LogP contribution in [0.3, 0.4) is 0 Å². The van der Waals surface area contributed by atoms with E-state index in [-0.39, 0.29) is 30.1 Å². The van der Waals surface area contributed by atoms with E-state index in [4.69, 9.17) is 0 Å². The van der Waals surface area contributed by atoms with E-state index in [0.29, 0.717) is 10.8 Å². The number of hydrogen-bond donors (Lipinski definition) is 2. The molecule has 0 fully saturated rings. The van der Waals surface area contributed by atoms with Gasteiger partial charge in [-0.15, -0.1) is 0 Å². The Balaban J connectivity index is 1.40. The van der Waals surface area contributed by atoms with Crippen molar-refractivity contribution in [2.24, 2.45) is 0 Å². The van der Waals surface area contributed by atoms with Crippen molar-refractivity contribution in [2.75, 3.05) is 10.6 Å². The monoisotopic (exact) mass is 447 g/mol. The number of fused-ring (bicyclic) bond motifs is 1. The maximum atomic E-state index is 12.5. The van der Waals surface area contributed by atoms with Crippen LogP contribution < -0.4 is 16.2 Å². The van der Waals surface area contributed by atoms with Crippen LogP contribution in [0.5, 0.6) is 0 Å². The highest BCUT2D eigenvalue weighted by Crippen LogP contribution is 2.26. The van der Waals surface area contributed by atoms with Crippen molar-refractivity contribution in [1.29, 1.82) is 0 Å². The van der Waals surface area contributed by atoms with Gasteiger partial charge in [-0.05, 0) is 55.3 Å². The molecule has 0 unspecified atom stereocenters. The third kappa shape index (κ3) is 5.06. The third-order valence-electron chi connectivity index (χ3n) is 4.72. The topological polar surface area (TPSA) is 106 Å². The lowest BCUT2D eigenvalue weighted by Crippen LogP contribution is -2.28. The maximum Gasteiger partial charge on any atom is 0.276 e. The smallest absolute Gasteiger partial charge is 0.276 e. The number of hydrogen-bond acceptors (Lipinski definition) is 6. The lowest BCUT2D eigenvalue weighted by atomic mass is 10.2. The fraction of sp³-hybridized carbons (Fsp3) is 0.174. The van der Waals surface area contributed by atoms with Gasteiger partial charge in [0.05, 0.1) is 16.8 Å². The van der Waals surface area contributed by atoms with Gasteiger partial charge in [-0.25, -0.2) is 9.67 Å². The third-order valence-corrected chi connectivity index (χ3v) is 5.65. The van der Waals surface area contributed by atoms with E-state index in [1.807, 2.05) is 50.2 Å². The van der Waals surface area contributed by atoms with Gasteiger partial charge in [-0.1, -0.05) is 29.5 Å². The molecule has 0 aliphatic carbocycles. The average Bonchev–Trinajstić information content (AvgIpc) is 3.14. The number of nitrogens with one attached hydrogen (secondary N) is 2. The van der Waals surface area contributed by atoms with Crippen LogP contribution in [0.2, 0.25) is 0 Å². The Bertz CT molecular complexity index is 1380. The summed E-state index contributed by atoms with van der Waals surface area (Å²) >= 11 is 1.39. The Morgan fingerprint density at radius 2 is 1.81 bits per heavy atom. The molecule has 0 atom stereocenters. The molecule has 0 bridgehead atoms. The van der Waals surface area contributed by atoms with E-state index in [0.717, 1.165) is 26.0 Å². The summed E-state index contributed by atoms with van der Waals surface area (Å²) in [6.07, 6.45) is 0.0187. The molecule has 9 heteroatoms. The Labute approximate surface area is 187 Å². The largest absolute Gasteiger partial charge is 0.321 e. The van der Waals surface area contributed by atoms with Crippen LogP contribution in [0, 0.1) is 13.8 Å². The summed E-state index contributed by atoms with van der Waals surface area (Å²) in [4.78, 5) is 41.4. The van der Waals surface area contributed by atoms with Gasteiger partial charge in [0.15, 0.2) is 5.13 Å². The molecule has 0 spiro atoms. The standard InChI is InChI=1S/C23H21N5O3S/c1-14-4-3-5-16(12-14)24-22(31)18-8-9-21(30)28(27-18)11-10-20(29)26-23-25-17-7-6-15(2)13-19(17)32-23/h3-9,12-13H,10-11H2,1-2H3,(H,24,31)(H,25,26,29). The SMILES string of the molecule is Cc1cccc(NC(=O)c2ccc(=O)n(CCC(=O)Nc3nc4ccc(C)cc4s3)n2)c1. The number of amides is 2. The second-order valence-corrected chi connectivity index (χ2v) is 8.42. The molecule has 0 saturated carbocycles. The highest BCUT2D eigenvalue weighted by molar-refractivity contribution is 7.22. The van der Waals surface area contributed by atoms with Crippen molar-refractivity contribution in [3.63, 3.8) is 0 Å². The van der Waals surface area contributed by atoms with E-state index in [1.165, 1.54) is 23.5 Å². The minimum atomic E-state index is -0.432. The number of aryl methyl sites for hydroxylation is 3. The molecule has 2 aromatic heterocycles. The van der Waals surface area contributed by atoms with E-state index >= 15 is 0 Å². The molecule has 162 valence electrons. The van der Waals surface area contributed by atoms with Crippen molar-refractivity contribution in [1.82, 2.24) is 14.8 Å². The first-order valence-electron chi connectivity index (χ1n) is 10.0. The van der Waals surface area contributed by atoms with E-state index in [9.17, 15) is 14.4 Å². The molecule has 4 aromatic rings. The van der Waals surface area contributed by atoms with Crippen LogP contribution in [0.15, 0.2) is 59.4 Å². The molecule has 8 nitrogen and oxygen atoms in total. The first-order valence-corrected chi connectivity index (χ1v) is 10.8. The number of nitrogens with zero attached hydrogens (tertiary/aromatic N) is 3. The molecule has 2 N–H and O–H groups in total. The Morgan fingerprint density at radius 1 is 1.00 bits per heavy atom. The maximum absolute atomic E-state index is 12.5. The Hall–Kier alpha value is -3.85. The first kappa shape index (κ1) is 21.4. The number of benzene rings is 2. The molecule has 0 aliphatic heterocycles. The molecule has 2 aromatic carbocycles. The summed E-state index contributed by atoms with van der Waals surface area (Å²) in [5, 5.41) is 10.1. The summed E-state index contributed by atoms with van der Waals surface area (Å²) in [6.45, 7) is 3.96. The van der Waals surface area contributed by atoms with Crippen molar-refractivity contribution in [2.45, 2.75) is 26.8 Å². The van der Waals surface area contributed by atoms with Crippen LogP contribution in [0.4, 0.5) is 10.8 Å². The molecule has 0 aliphatic rings.